The number of fused-ring (bicyclic) bond motifs is 2. The molecule has 0 aromatic carbocycles. The molecule has 0 saturated carbocycles. The van der Waals surface area contributed by atoms with Crippen molar-refractivity contribution >= 4 is 34.7 Å². The Morgan fingerprint density at radius 3 is 3.03 bits per heavy atom. The molecule has 0 amide bonds. The number of nitrogens with zero attached hydrogens (tertiary/aromatic N) is 5. The summed E-state index contributed by atoms with van der Waals surface area (Å²) >= 11 is 3.75. The van der Waals surface area contributed by atoms with Crippen LogP contribution in [0.5, 0.6) is 0 Å². The molecule has 9 heteroatoms. The van der Waals surface area contributed by atoms with Crippen molar-refractivity contribution in [1.82, 2.24) is 29.8 Å². The second-order valence-corrected chi connectivity index (χ2v) is 9.58. The number of hydrogen-bond donors (Lipinski definition) is 1. The van der Waals surface area contributed by atoms with Crippen LogP contribution in [0.15, 0.2) is 34.8 Å². The first-order valence-corrected chi connectivity index (χ1v) is 12.0. The van der Waals surface area contributed by atoms with Gasteiger partial charge in [0.15, 0.2) is 5.65 Å². The van der Waals surface area contributed by atoms with Gasteiger partial charge in [0.25, 0.3) is 0 Å². The maximum Gasteiger partial charge on any atom is 0.181 e. The minimum absolute atomic E-state index is 0.319. The predicted molar refractivity (Wildman–Crippen MR) is 115 cm³/mol. The standard InChI is InChI=1S/C20H24N6OS2/c1-2-14-15(28-11-8-26-6-9-27-10-7-26)4-5-21-17(14)16(3-1)29-20-18-19(23-12-22-18)24-13-25-20/h4-5,12-13,16H,1-3,6-11H2,(H,22,23,24,25). The molecule has 7 nitrogen and oxygen atoms in total. The molecule has 1 aliphatic carbocycles. The van der Waals surface area contributed by atoms with Gasteiger partial charge < -0.3 is 9.72 Å². The van der Waals surface area contributed by atoms with Gasteiger partial charge in [-0.05, 0) is 30.9 Å². The Labute approximate surface area is 178 Å². The summed E-state index contributed by atoms with van der Waals surface area (Å²) in [7, 11) is 0. The molecule has 1 aliphatic heterocycles. The molecule has 1 saturated heterocycles. The van der Waals surface area contributed by atoms with Crippen molar-refractivity contribution in [3.05, 3.63) is 36.2 Å². The third-order valence-corrected chi connectivity index (χ3v) is 7.81. The fraction of sp³-hybridized carbons (Fsp3) is 0.500. The average molecular weight is 429 g/mol. The number of aromatic nitrogens is 5. The van der Waals surface area contributed by atoms with Crippen molar-refractivity contribution in [2.45, 2.75) is 34.4 Å². The van der Waals surface area contributed by atoms with Gasteiger partial charge in [-0.15, -0.1) is 11.8 Å². The molecule has 1 N–H and O–H groups in total. The first-order chi connectivity index (χ1) is 14.4. The second kappa shape index (κ2) is 8.99. The number of ether oxygens (including phenoxy) is 1. The molecular weight excluding hydrogens is 404 g/mol. The highest BCUT2D eigenvalue weighted by atomic mass is 32.2. The van der Waals surface area contributed by atoms with Crippen LogP contribution in [-0.2, 0) is 11.2 Å². The zero-order valence-electron chi connectivity index (χ0n) is 16.2. The van der Waals surface area contributed by atoms with Crippen molar-refractivity contribution < 1.29 is 4.74 Å². The summed E-state index contributed by atoms with van der Waals surface area (Å²) in [6.45, 7) is 4.94. The van der Waals surface area contributed by atoms with Crippen LogP contribution in [0.4, 0.5) is 0 Å². The van der Waals surface area contributed by atoms with Crippen LogP contribution in [-0.4, -0.2) is 68.4 Å². The summed E-state index contributed by atoms with van der Waals surface area (Å²) in [4.78, 5) is 24.8. The molecule has 0 spiro atoms. The predicted octanol–water partition coefficient (Wildman–Crippen LogP) is 3.34. The number of rotatable bonds is 6. The van der Waals surface area contributed by atoms with Crippen molar-refractivity contribution in [1.29, 1.82) is 0 Å². The number of thioether (sulfide) groups is 2. The van der Waals surface area contributed by atoms with E-state index in [9.17, 15) is 0 Å². The first-order valence-electron chi connectivity index (χ1n) is 10.1. The van der Waals surface area contributed by atoms with E-state index in [1.807, 2.05) is 18.0 Å². The lowest BCUT2D eigenvalue weighted by Gasteiger charge is -2.27. The van der Waals surface area contributed by atoms with E-state index < -0.39 is 0 Å². The molecule has 0 bridgehead atoms. The van der Waals surface area contributed by atoms with E-state index >= 15 is 0 Å². The van der Waals surface area contributed by atoms with E-state index in [0.717, 1.165) is 67.6 Å². The minimum atomic E-state index is 0.319. The van der Waals surface area contributed by atoms with Gasteiger partial charge in [0.05, 0.1) is 30.5 Å². The molecule has 1 unspecified atom stereocenters. The largest absolute Gasteiger partial charge is 0.379 e. The van der Waals surface area contributed by atoms with E-state index in [1.165, 1.54) is 22.6 Å². The Bertz CT molecular complexity index is 975. The number of H-pyrrole nitrogens is 1. The van der Waals surface area contributed by atoms with Gasteiger partial charge in [-0.1, -0.05) is 11.8 Å². The maximum absolute atomic E-state index is 5.45. The molecule has 1 fully saturated rings. The third-order valence-electron chi connectivity index (χ3n) is 5.46. The van der Waals surface area contributed by atoms with Gasteiger partial charge in [0.1, 0.15) is 16.9 Å². The number of aromatic amines is 1. The normalized spacial score (nSPS) is 20.1. The Kier molecular flexibility index (Phi) is 5.98. The lowest BCUT2D eigenvalue weighted by atomic mass is 9.96. The molecule has 4 heterocycles. The van der Waals surface area contributed by atoms with E-state index in [-0.39, 0.29) is 0 Å². The Morgan fingerprint density at radius 2 is 2.10 bits per heavy atom. The van der Waals surface area contributed by atoms with Gasteiger partial charge in [-0.3, -0.25) is 9.88 Å². The summed E-state index contributed by atoms with van der Waals surface area (Å²) in [6, 6.07) is 2.19. The van der Waals surface area contributed by atoms with E-state index in [1.54, 1.807) is 24.4 Å². The first kappa shape index (κ1) is 19.3. The molecular formula is C20H24N6OS2. The van der Waals surface area contributed by atoms with Crippen molar-refractivity contribution in [3.8, 4) is 0 Å². The molecule has 2 aliphatic rings. The van der Waals surface area contributed by atoms with Gasteiger partial charge in [-0.2, -0.15) is 0 Å². The molecule has 29 heavy (non-hydrogen) atoms. The molecule has 152 valence electrons. The van der Waals surface area contributed by atoms with E-state index in [4.69, 9.17) is 9.72 Å². The van der Waals surface area contributed by atoms with Crippen molar-refractivity contribution in [2.24, 2.45) is 0 Å². The van der Waals surface area contributed by atoms with Crippen LogP contribution < -0.4 is 0 Å². The Hall–Kier alpha value is -1.68. The summed E-state index contributed by atoms with van der Waals surface area (Å²) in [5.74, 6) is 1.11. The monoisotopic (exact) mass is 428 g/mol. The molecule has 3 aromatic rings. The number of pyridine rings is 1. The SMILES string of the molecule is c1cc(SCCN2CCOCC2)c2c(n1)C(Sc1ncnc3nc[nH]c13)CCC2. The summed E-state index contributed by atoms with van der Waals surface area (Å²) in [5.41, 5.74) is 4.29. The average Bonchev–Trinajstić information content (AvgIpc) is 3.25. The molecule has 1 atom stereocenters. The van der Waals surface area contributed by atoms with Crippen LogP contribution in [0.25, 0.3) is 11.2 Å². The van der Waals surface area contributed by atoms with Gasteiger partial charge in [0.2, 0.25) is 0 Å². The minimum Gasteiger partial charge on any atom is -0.379 e. The van der Waals surface area contributed by atoms with E-state index in [0.29, 0.717) is 5.25 Å². The lowest BCUT2D eigenvalue weighted by Crippen LogP contribution is -2.37. The van der Waals surface area contributed by atoms with E-state index in [2.05, 4.69) is 30.9 Å². The Morgan fingerprint density at radius 1 is 1.17 bits per heavy atom. The second-order valence-electron chi connectivity index (χ2n) is 7.25. The quantitative estimate of drug-likeness (QED) is 0.473. The van der Waals surface area contributed by atoms with Gasteiger partial charge in [0, 0.05) is 36.5 Å². The third kappa shape index (κ3) is 4.28. The highest BCUT2D eigenvalue weighted by Crippen LogP contribution is 2.45. The fourth-order valence-electron chi connectivity index (χ4n) is 3.95. The summed E-state index contributed by atoms with van der Waals surface area (Å²) < 4.78 is 5.45. The van der Waals surface area contributed by atoms with Gasteiger partial charge in [-0.25, -0.2) is 15.0 Å². The lowest BCUT2D eigenvalue weighted by molar-refractivity contribution is 0.0410. The maximum atomic E-state index is 5.45. The number of morpholine rings is 1. The topological polar surface area (TPSA) is 79.8 Å². The van der Waals surface area contributed by atoms with Crippen LogP contribution in [0, 0.1) is 0 Å². The Balaban J connectivity index is 1.31. The molecule has 3 aromatic heterocycles. The van der Waals surface area contributed by atoms with Crippen LogP contribution in [0.2, 0.25) is 0 Å². The highest BCUT2D eigenvalue weighted by Gasteiger charge is 2.26. The van der Waals surface area contributed by atoms with Crippen LogP contribution >= 0.6 is 23.5 Å². The summed E-state index contributed by atoms with van der Waals surface area (Å²) in [6.07, 6.45) is 8.67. The highest BCUT2D eigenvalue weighted by molar-refractivity contribution is 8.00. The zero-order valence-corrected chi connectivity index (χ0v) is 17.8. The van der Waals surface area contributed by atoms with Crippen molar-refractivity contribution in [3.63, 3.8) is 0 Å². The smallest absolute Gasteiger partial charge is 0.181 e. The van der Waals surface area contributed by atoms with Crippen LogP contribution in [0.1, 0.15) is 29.3 Å². The van der Waals surface area contributed by atoms with Crippen molar-refractivity contribution in [2.75, 3.05) is 38.6 Å². The van der Waals surface area contributed by atoms with Crippen LogP contribution in [0.3, 0.4) is 0 Å². The summed E-state index contributed by atoms with van der Waals surface area (Å²) in [5, 5.41) is 1.28. The zero-order chi connectivity index (χ0) is 19.5. The number of hydrogen-bond acceptors (Lipinski definition) is 8. The molecule has 5 rings (SSSR count). The number of nitrogens with one attached hydrogen (secondary N) is 1. The fourth-order valence-corrected chi connectivity index (χ4v) is 6.30. The van der Waals surface area contributed by atoms with Gasteiger partial charge >= 0.3 is 0 Å². The number of imidazole rings is 1. The molecule has 0 radical (unpaired) electrons.